The molecule has 3 heteroatoms. The van der Waals surface area contributed by atoms with Gasteiger partial charge in [0, 0.05) is 32.1 Å². The Balaban J connectivity index is 1.44. The van der Waals surface area contributed by atoms with Crippen molar-refractivity contribution in [3.8, 4) is 0 Å². The summed E-state index contributed by atoms with van der Waals surface area (Å²) in [6.07, 6.45) is 5.73. The zero-order valence-electron chi connectivity index (χ0n) is 20.4. The third kappa shape index (κ3) is 4.93. The van der Waals surface area contributed by atoms with E-state index in [4.69, 9.17) is 0 Å². The summed E-state index contributed by atoms with van der Waals surface area (Å²) in [5.74, 6) is 1.72. The van der Waals surface area contributed by atoms with E-state index in [1.165, 1.54) is 30.4 Å². The largest absolute Gasteiger partial charge is 0.344 e. The van der Waals surface area contributed by atoms with Crippen LogP contribution in [-0.4, -0.2) is 42.9 Å². The molecule has 2 aliphatic carbocycles. The van der Waals surface area contributed by atoms with Gasteiger partial charge in [-0.1, -0.05) is 74.5 Å². The number of amides is 1. The Kier molecular flexibility index (Phi) is 6.76. The summed E-state index contributed by atoms with van der Waals surface area (Å²) >= 11 is 0. The number of hydrogen-bond acceptors (Lipinski definition) is 2. The van der Waals surface area contributed by atoms with Gasteiger partial charge < -0.3 is 9.80 Å². The fourth-order valence-corrected chi connectivity index (χ4v) is 6.94. The van der Waals surface area contributed by atoms with Crippen LogP contribution in [-0.2, 0) is 16.8 Å². The van der Waals surface area contributed by atoms with Gasteiger partial charge in [0.15, 0.2) is 0 Å². The Morgan fingerprint density at radius 2 is 1.59 bits per heavy atom. The number of likely N-dealkylation sites (N-methyl/N-ethyl adjacent to an activating group) is 2. The van der Waals surface area contributed by atoms with Crippen molar-refractivity contribution in [1.82, 2.24) is 9.80 Å². The zero-order valence-corrected chi connectivity index (χ0v) is 20.4. The van der Waals surface area contributed by atoms with Gasteiger partial charge in [0.1, 0.15) is 0 Å². The molecule has 2 fully saturated rings. The molecule has 2 aromatic rings. The van der Waals surface area contributed by atoms with Gasteiger partial charge in [-0.2, -0.15) is 0 Å². The van der Waals surface area contributed by atoms with Crippen LogP contribution in [0.3, 0.4) is 0 Å². The molecule has 2 bridgehead atoms. The molecule has 0 spiro atoms. The summed E-state index contributed by atoms with van der Waals surface area (Å²) in [5, 5.41) is 0. The van der Waals surface area contributed by atoms with Crippen molar-refractivity contribution in [3.05, 3.63) is 71.8 Å². The van der Waals surface area contributed by atoms with Crippen molar-refractivity contribution in [2.75, 3.05) is 27.2 Å². The molecule has 4 atom stereocenters. The molecule has 0 aliphatic heterocycles. The van der Waals surface area contributed by atoms with Crippen LogP contribution in [0.2, 0.25) is 0 Å². The standard InChI is InChI=1S/C29H40N2O/c1-23-17-25-19-28(2,22-29(18-23,20-25)26-13-9-6-10-14-26)27(32)31(4)16-15-30(3)21-24-11-7-5-8-12-24/h5-14,23,25H,15-22H2,1-4H3. The molecule has 0 aromatic heterocycles. The molecular formula is C29H40N2O. The topological polar surface area (TPSA) is 23.6 Å². The maximum Gasteiger partial charge on any atom is 0.228 e. The first kappa shape index (κ1) is 23.0. The Labute approximate surface area is 194 Å². The lowest BCUT2D eigenvalue weighted by Crippen LogP contribution is -2.53. The van der Waals surface area contributed by atoms with Gasteiger partial charge in [-0.05, 0) is 67.5 Å². The van der Waals surface area contributed by atoms with Crippen molar-refractivity contribution in [2.45, 2.75) is 57.9 Å². The van der Waals surface area contributed by atoms with Crippen LogP contribution in [0.5, 0.6) is 0 Å². The maximum atomic E-state index is 13.8. The molecule has 0 heterocycles. The van der Waals surface area contributed by atoms with Crippen molar-refractivity contribution in [1.29, 1.82) is 0 Å². The lowest BCUT2D eigenvalue weighted by Gasteiger charge is -2.54. The lowest BCUT2D eigenvalue weighted by molar-refractivity contribution is -0.146. The van der Waals surface area contributed by atoms with Gasteiger partial charge in [0.25, 0.3) is 0 Å². The van der Waals surface area contributed by atoms with E-state index in [1.54, 1.807) is 0 Å². The third-order valence-corrected chi connectivity index (χ3v) is 7.98. The summed E-state index contributed by atoms with van der Waals surface area (Å²) < 4.78 is 0. The minimum Gasteiger partial charge on any atom is -0.344 e. The molecule has 172 valence electrons. The van der Waals surface area contributed by atoms with Crippen LogP contribution in [0.15, 0.2) is 60.7 Å². The Bertz CT molecular complexity index is 894. The second-order valence-corrected chi connectivity index (χ2v) is 11.2. The fraction of sp³-hybridized carbons (Fsp3) is 0.552. The normalized spacial score (nSPS) is 29.7. The summed E-state index contributed by atoms with van der Waals surface area (Å²) in [7, 11) is 4.15. The quantitative estimate of drug-likeness (QED) is 0.556. The molecule has 2 saturated carbocycles. The lowest BCUT2D eigenvalue weighted by atomic mass is 9.50. The average Bonchev–Trinajstić information content (AvgIpc) is 2.77. The van der Waals surface area contributed by atoms with E-state index in [-0.39, 0.29) is 10.8 Å². The first-order chi connectivity index (χ1) is 15.3. The SMILES string of the molecule is CC1CC2CC(C)(C(=O)N(C)CCN(C)Cc3ccccc3)CC(c3ccccc3)(C1)C2. The summed E-state index contributed by atoms with van der Waals surface area (Å²) in [4.78, 5) is 18.1. The number of carbonyl (C=O) groups is 1. The number of nitrogens with zero attached hydrogens (tertiary/aromatic N) is 2. The first-order valence-electron chi connectivity index (χ1n) is 12.3. The molecular weight excluding hydrogens is 392 g/mol. The highest BCUT2D eigenvalue weighted by atomic mass is 16.2. The van der Waals surface area contributed by atoms with Crippen LogP contribution in [0.25, 0.3) is 0 Å². The molecule has 4 unspecified atom stereocenters. The summed E-state index contributed by atoms with van der Waals surface area (Å²) in [5.41, 5.74) is 2.64. The van der Waals surface area contributed by atoms with E-state index >= 15 is 0 Å². The predicted octanol–water partition coefficient (Wildman–Crippen LogP) is 5.75. The molecule has 4 rings (SSSR count). The van der Waals surface area contributed by atoms with E-state index in [9.17, 15) is 4.79 Å². The predicted molar refractivity (Wildman–Crippen MR) is 132 cm³/mol. The smallest absolute Gasteiger partial charge is 0.228 e. The van der Waals surface area contributed by atoms with Crippen molar-refractivity contribution >= 4 is 5.91 Å². The first-order valence-corrected chi connectivity index (χ1v) is 12.3. The van der Waals surface area contributed by atoms with Crippen LogP contribution in [0.4, 0.5) is 0 Å². The summed E-state index contributed by atoms with van der Waals surface area (Å²) in [6, 6.07) is 21.6. The van der Waals surface area contributed by atoms with Gasteiger partial charge in [-0.3, -0.25) is 4.79 Å². The Hall–Kier alpha value is -2.13. The highest BCUT2D eigenvalue weighted by Crippen LogP contribution is 2.58. The van der Waals surface area contributed by atoms with Gasteiger partial charge in [0.2, 0.25) is 5.91 Å². The molecule has 2 aromatic carbocycles. The number of hydrogen-bond donors (Lipinski definition) is 0. The van der Waals surface area contributed by atoms with Gasteiger partial charge in [-0.15, -0.1) is 0 Å². The number of benzene rings is 2. The second-order valence-electron chi connectivity index (χ2n) is 11.2. The van der Waals surface area contributed by atoms with Crippen LogP contribution < -0.4 is 0 Å². The van der Waals surface area contributed by atoms with Crippen molar-refractivity contribution in [3.63, 3.8) is 0 Å². The number of carbonyl (C=O) groups excluding carboxylic acids is 1. The highest BCUT2D eigenvalue weighted by Gasteiger charge is 2.53. The molecule has 0 saturated heterocycles. The average molecular weight is 433 g/mol. The Morgan fingerprint density at radius 1 is 0.938 bits per heavy atom. The number of fused-ring (bicyclic) bond motifs is 2. The van der Waals surface area contributed by atoms with Gasteiger partial charge in [0.05, 0.1) is 0 Å². The fourth-order valence-electron chi connectivity index (χ4n) is 6.94. The van der Waals surface area contributed by atoms with Crippen LogP contribution in [0, 0.1) is 17.3 Å². The minimum absolute atomic E-state index is 0.150. The van der Waals surface area contributed by atoms with E-state index in [2.05, 4.69) is 86.5 Å². The second kappa shape index (κ2) is 9.39. The van der Waals surface area contributed by atoms with Crippen molar-refractivity contribution < 1.29 is 4.79 Å². The maximum absolute atomic E-state index is 13.8. The summed E-state index contributed by atoms with van der Waals surface area (Å²) in [6.45, 7) is 7.23. The van der Waals surface area contributed by atoms with Crippen LogP contribution >= 0.6 is 0 Å². The van der Waals surface area contributed by atoms with E-state index < -0.39 is 0 Å². The monoisotopic (exact) mass is 432 g/mol. The molecule has 1 amide bonds. The zero-order chi connectivity index (χ0) is 22.8. The van der Waals surface area contributed by atoms with Crippen molar-refractivity contribution in [2.24, 2.45) is 17.3 Å². The van der Waals surface area contributed by atoms with Crippen LogP contribution in [0.1, 0.15) is 57.1 Å². The van der Waals surface area contributed by atoms with E-state index in [0.717, 1.165) is 38.4 Å². The van der Waals surface area contributed by atoms with Gasteiger partial charge >= 0.3 is 0 Å². The minimum atomic E-state index is -0.272. The van der Waals surface area contributed by atoms with Gasteiger partial charge in [-0.25, -0.2) is 0 Å². The van der Waals surface area contributed by atoms with E-state index in [0.29, 0.717) is 11.8 Å². The molecule has 32 heavy (non-hydrogen) atoms. The highest BCUT2D eigenvalue weighted by molar-refractivity contribution is 5.82. The molecule has 2 aliphatic rings. The number of rotatable bonds is 7. The van der Waals surface area contributed by atoms with E-state index in [1.807, 2.05) is 11.9 Å². The Morgan fingerprint density at radius 3 is 2.28 bits per heavy atom. The third-order valence-electron chi connectivity index (χ3n) is 7.98. The molecule has 3 nitrogen and oxygen atoms in total. The molecule has 0 radical (unpaired) electrons. The molecule has 0 N–H and O–H groups in total.